The Morgan fingerprint density at radius 1 is 1.50 bits per heavy atom. The molecule has 1 aliphatic carbocycles. The highest BCUT2D eigenvalue weighted by Crippen LogP contribution is 2.45. The van der Waals surface area contributed by atoms with E-state index in [1.807, 2.05) is 12.1 Å². The van der Waals surface area contributed by atoms with Gasteiger partial charge in [-0.1, -0.05) is 19.8 Å². The van der Waals surface area contributed by atoms with Gasteiger partial charge in [-0.2, -0.15) is 0 Å². The van der Waals surface area contributed by atoms with Crippen molar-refractivity contribution in [2.75, 3.05) is 0 Å². The molecule has 2 heterocycles. The monoisotopic (exact) mass is 277 g/mol. The van der Waals surface area contributed by atoms with Gasteiger partial charge in [0.1, 0.15) is 11.8 Å². The maximum Gasteiger partial charge on any atom is 0.320 e. The second-order valence-corrected chi connectivity index (χ2v) is 6.09. The highest BCUT2D eigenvalue weighted by molar-refractivity contribution is 5.74. The molecule has 4 unspecified atom stereocenters. The summed E-state index contributed by atoms with van der Waals surface area (Å²) in [6.45, 7) is 2.11. The van der Waals surface area contributed by atoms with Crippen LogP contribution in [-0.2, 0) is 4.79 Å². The first-order chi connectivity index (χ1) is 9.72. The average molecular weight is 277 g/mol. The highest BCUT2D eigenvalue weighted by atomic mass is 16.4. The van der Waals surface area contributed by atoms with E-state index in [1.54, 1.807) is 6.26 Å². The Labute approximate surface area is 119 Å². The van der Waals surface area contributed by atoms with E-state index in [4.69, 9.17) is 4.42 Å². The standard InChI is InChI=1S/C16H23NO3/c1-2-12(15-8-5-9-20-15)17-13-7-4-3-6-11(13)10-14(17)16(18)19/h5,8-9,11-14H,2-4,6-7,10H2,1H3,(H,18,19). The molecular weight excluding hydrogens is 254 g/mol. The zero-order valence-corrected chi connectivity index (χ0v) is 12.0. The summed E-state index contributed by atoms with van der Waals surface area (Å²) in [5, 5.41) is 9.60. The van der Waals surface area contributed by atoms with E-state index in [1.165, 1.54) is 19.3 Å². The minimum Gasteiger partial charge on any atom is -0.480 e. The fraction of sp³-hybridized carbons (Fsp3) is 0.688. The van der Waals surface area contributed by atoms with Crippen LogP contribution >= 0.6 is 0 Å². The lowest BCUT2D eigenvalue weighted by Crippen LogP contribution is -2.44. The molecule has 1 aliphatic heterocycles. The van der Waals surface area contributed by atoms with Gasteiger partial charge in [0.25, 0.3) is 0 Å². The lowest BCUT2D eigenvalue weighted by molar-refractivity contribution is -0.144. The van der Waals surface area contributed by atoms with Gasteiger partial charge in [0.05, 0.1) is 12.3 Å². The second-order valence-electron chi connectivity index (χ2n) is 6.09. The number of rotatable bonds is 4. The summed E-state index contributed by atoms with van der Waals surface area (Å²) < 4.78 is 5.57. The zero-order chi connectivity index (χ0) is 14.1. The van der Waals surface area contributed by atoms with Crippen LogP contribution in [0.25, 0.3) is 0 Å². The summed E-state index contributed by atoms with van der Waals surface area (Å²) in [5.41, 5.74) is 0. The summed E-state index contributed by atoms with van der Waals surface area (Å²) in [7, 11) is 0. The molecule has 1 aromatic rings. The van der Waals surface area contributed by atoms with Gasteiger partial charge in [0, 0.05) is 6.04 Å². The van der Waals surface area contributed by atoms with Gasteiger partial charge in [-0.05, 0) is 43.7 Å². The number of nitrogens with zero attached hydrogens (tertiary/aromatic N) is 1. The summed E-state index contributed by atoms with van der Waals surface area (Å²) in [6, 6.07) is 4.03. The number of carbonyl (C=O) groups is 1. The van der Waals surface area contributed by atoms with Crippen molar-refractivity contribution in [1.82, 2.24) is 4.90 Å². The minimum atomic E-state index is -0.676. The first kappa shape index (κ1) is 13.7. The Morgan fingerprint density at radius 3 is 2.95 bits per heavy atom. The molecule has 1 saturated heterocycles. The van der Waals surface area contributed by atoms with Crippen molar-refractivity contribution in [3.05, 3.63) is 24.2 Å². The number of hydrogen-bond acceptors (Lipinski definition) is 3. The van der Waals surface area contributed by atoms with Crippen molar-refractivity contribution in [3.63, 3.8) is 0 Å². The normalized spacial score (nSPS) is 31.9. The van der Waals surface area contributed by atoms with Crippen LogP contribution in [0.4, 0.5) is 0 Å². The molecule has 0 radical (unpaired) electrons. The lowest BCUT2D eigenvalue weighted by atomic mass is 9.84. The van der Waals surface area contributed by atoms with Gasteiger partial charge in [-0.3, -0.25) is 9.69 Å². The summed E-state index contributed by atoms with van der Waals surface area (Å²) in [6.07, 6.45) is 8.16. The van der Waals surface area contributed by atoms with Gasteiger partial charge in [0.15, 0.2) is 0 Å². The third-order valence-corrected chi connectivity index (χ3v) is 5.04. The summed E-state index contributed by atoms with van der Waals surface area (Å²) in [4.78, 5) is 13.9. The molecule has 4 heteroatoms. The Morgan fingerprint density at radius 2 is 2.30 bits per heavy atom. The van der Waals surface area contributed by atoms with Crippen LogP contribution in [0.1, 0.15) is 57.3 Å². The Kier molecular flexibility index (Phi) is 3.83. The van der Waals surface area contributed by atoms with Crippen molar-refractivity contribution in [1.29, 1.82) is 0 Å². The predicted octanol–water partition coefficient (Wildman–Crippen LogP) is 3.45. The fourth-order valence-electron chi connectivity index (χ4n) is 4.21. The topological polar surface area (TPSA) is 53.7 Å². The van der Waals surface area contributed by atoms with E-state index >= 15 is 0 Å². The van der Waals surface area contributed by atoms with E-state index < -0.39 is 5.97 Å². The van der Waals surface area contributed by atoms with Crippen molar-refractivity contribution < 1.29 is 14.3 Å². The van der Waals surface area contributed by atoms with E-state index in [0.717, 1.165) is 25.0 Å². The molecule has 0 aromatic carbocycles. The number of aliphatic carboxylic acids is 1. The number of hydrogen-bond donors (Lipinski definition) is 1. The molecule has 2 fully saturated rings. The molecule has 1 aromatic heterocycles. The largest absolute Gasteiger partial charge is 0.480 e. The molecule has 4 nitrogen and oxygen atoms in total. The predicted molar refractivity (Wildman–Crippen MR) is 75.4 cm³/mol. The Bertz CT molecular complexity index is 456. The molecule has 3 rings (SSSR count). The number of furan rings is 1. The lowest BCUT2D eigenvalue weighted by Gasteiger charge is -2.37. The van der Waals surface area contributed by atoms with Gasteiger partial charge < -0.3 is 9.52 Å². The summed E-state index contributed by atoms with van der Waals surface area (Å²) >= 11 is 0. The van der Waals surface area contributed by atoms with Crippen LogP contribution < -0.4 is 0 Å². The molecule has 0 amide bonds. The number of carboxylic acids is 1. The van der Waals surface area contributed by atoms with E-state index in [-0.39, 0.29) is 12.1 Å². The maximum atomic E-state index is 11.7. The van der Waals surface area contributed by atoms with Crippen LogP contribution in [0, 0.1) is 5.92 Å². The third-order valence-electron chi connectivity index (χ3n) is 5.04. The Hall–Kier alpha value is -1.29. The minimum absolute atomic E-state index is 0.0965. The molecule has 20 heavy (non-hydrogen) atoms. The molecule has 1 saturated carbocycles. The van der Waals surface area contributed by atoms with Crippen LogP contribution in [0.3, 0.4) is 0 Å². The number of likely N-dealkylation sites (tertiary alicyclic amines) is 1. The van der Waals surface area contributed by atoms with E-state index in [0.29, 0.717) is 12.0 Å². The first-order valence-electron chi connectivity index (χ1n) is 7.76. The highest BCUT2D eigenvalue weighted by Gasteiger charge is 2.48. The van der Waals surface area contributed by atoms with Gasteiger partial charge in [-0.25, -0.2) is 0 Å². The third kappa shape index (κ3) is 2.26. The number of carboxylic acid groups (broad SMARTS) is 1. The van der Waals surface area contributed by atoms with Crippen LogP contribution in [0.5, 0.6) is 0 Å². The first-order valence-corrected chi connectivity index (χ1v) is 7.76. The number of fused-ring (bicyclic) bond motifs is 1. The van der Waals surface area contributed by atoms with Gasteiger partial charge in [0.2, 0.25) is 0 Å². The second kappa shape index (κ2) is 5.60. The van der Waals surface area contributed by atoms with Crippen LogP contribution in [0.2, 0.25) is 0 Å². The smallest absolute Gasteiger partial charge is 0.320 e. The van der Waals surface area contributed by atoms with Crippen molar-refractivity contribution >= 4 is 5.97 Å². The molecule has 1 N–H and O–H groups in total. The molecule has 0 spiro atoms. The molecular formula is C16H23NO3. The van der Waals surface area contributed by atoms with Crippen molar-refractivity contribution in [2.45, 2.75) is 63.6 Å². The SMILES string of the molecule is CCC(c1ccco1)N1C(C(=O)O)CC2CCCCC21. The van der Waals surface area contributed by atoms with E-state index in [9.17, 15) is 9.90 Å². The van der Waals surface area contributed by atoms with Gasteiger partial charge in [-0.15, -0.1) is 0 Å². The van der Waals surface area contributed by atoms with Crippen LogP contribution in [-0.4, -0.2) is 28.1 Å². The van der Waals surface area contributed by atoms with Gasteiger partial charge >= 0.3 is 5.97 Å². The van der Waals surface area contributed by atoms with E-state index in [2.05, 4.69) is 11.8 Å². The summed E-state index contributed by atoms with van der Waals surface area (Å²) in [5.74, 6) is 0.781. The Balaban J connectivity index is 1.91. The zero-order valence-electron chi connectivity index (χ0n) is 12.0. The van der Waals surface area contributed by atoms with Crippen molar-refractivity contribution in [3.8, 4) is 0 Å². The molecule has 2 aliphatic rings. The average Bonchev–Trinajstić information content (AvgIpc) is 3.08. The van der Waals surface area contributed by atoms with Crippen LogP contribution in [0.15, 0.2) is 22.8 Å². The molecule has 0 bridgehead atoms. The molecule has 110 valence electrons. The molecule has 4 atom stereocenters. The maximum absolute atomic E-state index is 11.7. The van der Waals surface area contributed by atoms with Crippen molar-refractivity contribution in [2.24, 2.45) is 5.92 Å². The quantitative estimate of drug-likeness (QED) is 0.916. The fourth-order valence-corrected chi connectivity index (χ4v) is 4.21.